The Morgan fingerprint density at radius 1 is 1.15 bits per heavy atom. The molecule has 1 aromatic heterocycles. The summed E-state index contributed by atoms with van der Waals surface area (Å²) in [4.78, 5) is 15.4. The van der Waals surface area contributed by atoms with E-state index in [1.165, 1.54) is 6.42 Å². The Kier molecular flexibility index (Phi) is 4.30. The first-order valence-electron chi connectivity index (χ1n) is 7.42. The van der Waals surface area contributed by atoms with Gasteiger partial charge in [-0.2, -0.15) is 15.0 Å². The molecule has 0 bridgehead atoms. The smallest absolute Gasteiger partial charge is 0.231 e. The van der Waals surface area contributed by atoms with Crippen molar-refractivity contribution >= 4 is 17.8 Å². The third-order valence-electron chi connectivity index (χ3n) is 4.12. The summed E-state index contributed by atoms with van der Waals surface area (Å²) in [5.41, 5.74) is 0.466. The Labute approximate surface area is 121 Å². The normalized spacial score (nSPS) is 19.6. The summed E-state index contributed by atoms with van der Waals surface area (Å²) in [5.74, 6) is 2.72. The molecule has 1 fully saturated rings. The monoisotopic (exact) mass is 278 g/mol. The number of hydrogen-bond acceptors (Lipinski definition) is 6. The van der Waals surface area contributed by atoms with Crippen molar-refractivity contribution in [1.29, 1.82) is 0 Å². The van der Waals surface area contributed by atoms with Crippen LogP contribution in [0.15, 0.2) is 0 Å². The molecule has 6 heteroatoms. The standard InChI is InChI=1S/C14H26N6/c1-6-20(7-2)13-18-11(15-5)17-12(19-13)16-9-10-8-14(10,3)4/h10H,6-9H2,1-5H3,(H2,15,16,17,18,19). The van der Waals surface area contributed by atoms with Gasteiger partial charge in [-0.05, 0) is 31.6 Å². The molecule has 1 saturated carbocycles. The van der Waals surface area contributed by atoms with Gasteiger partial charge in [-0.15, -0.1) is 0 Å². The minimum absolute atomic E-state index is 0.466. The van der Waals surface area contributed by atoms with Crippen molar-refractivity contribution in [2.24, 2.45) is 11.3 Å². The minimum atomic E-state index is 0.466. The van der Waals surface area contributed by atoms with Crippen molar-refractivity contribution in [2.75, 3.05) is 42.2 Å². The highest BCUT2D eigenvalue weighted by Gasteiger charge is 2.45. The number of rotatable bonds is 7. The van der Waals surface area contributed by atoms with Gasteiger partial charge >= 0.3 is 0 Å². The highest BCUT2D eigenvalue weighted by Crippen LogP contribution is 2.51. The third kappa shape index (κ3) is 3.29. The van der Waals surface area contributed by atoms with Gasteiger partial charge in [0.05, 0.1) is 0 Å². The van der Waals surface area contributed by atoms with Crippen molar-refractivity contribution in [3.8, 4) is 0 Å². The second kappa shape index (κ2) is 5.81. The predicted octanol–water partition coefficient (Wildman–Crippen LogP) is 2.22. The second-order valence-electron chi connectivity index (χ2n) is 5.98. The summed E-state index contributed by atoms with van der Waals surface area (Å²) in [6.45, 7) is 11.5. The summed E-state index contributed by atoms with van der Waals surface area (Å²) < 4.78 is 0. The Morgan fingerprint density at radius 2 is 1.75 bits per heavy atom. The van der Waals surface area contributed by atoms with E-state index >= 15 is 0 Å². The van der Waals surface area contributed by atoms with Gasteiger partial charge in [0.25, 0.3) is 0 Å². The molecule has 6 nitrogen and oxygen atoms in total. The summed E-state index contributed by atoms with van der Waals surface area (Å²) in [6, 6.07) is 0. The minimum Gasteiger partial charge on any atom is -0.357 e. The number of anilines is 3. The first kappa shape index (κ1) is 14.8. The lowest BCUT2D eigenvalue weighted by Crippen LogP contribution is -2.25. The maximum Gasteiger partial charge on any atom is 0.231 e. The van der Waals surface area contributed by atoms with Crippen molar-refractivity contribution in [1.82, 2.24) is 15.0 Å². The molecule has 0 radical (unpaired) electrons. The number of hydrogen-bond donors (Lipinski definition) is 2. The first-order valence-corrected chi connectivity index (χ1v) is 7.42. The van der Waals surface area contributed by atoms with E-state index in [-0.39, 0.29) is 0 Å². The van der Waals surface area contributed by atoms with Crippen molar-refractivity contribution < 1.29 is 0 Å². The van der Waals surface area contributed by atoms with Gasteiger partial charge in [0, 0.05) is 26.7 Å². The van der Waals surface area contributed by atoms with E-state index in [1.54, 1.807) is 0 Å². The van der Waals surface area contributed by atoms with Crippen LogP contribution in [0.3, 0.4) is 0 Å². The van der Waals surface area contributed by atoms with Crippen LogP contribution in [0.2, 0.25) is 0 Å². The van der Waals surface area contributed by atoms with Gasteiger partial charge < -0.3 is 15.5 Å². The number of aromatic nitrogens is 3. The van der Waals surface area contributed by atoms with Gasteiger partial charge in [-0.25, -0.2) is 0 Å². The molecule has 1 atom stereocenters. The van der Waals surface area contributed by atoms with Crippen LogP contribution in [0.4, 0.5) is 17.8 Å². The maximum absolute atomic E-state index is 4.52. The van der Waals surface area contributed by atoms with Gasteiger partial charge in [-0.3, -0.25) is 0 Å². The summed E-state index contributed by atoms with van der Waals surface area (Å²) in [5, 5.41) is 6.35. The zero-order chi connectivity index (χ0) is 14.8. The maximum atomic E-state index is 4.52. The lowest BCUT2D eigenvalue weighted by molar-refractivity contribution is 0.572. The molecule has 1 aromatic rings. The van der Waals surface area contributed by atoms with Crippen LogP contribution in [0.25, 0.3) is 0 Å². The average molecular weight is 278 g/mol. The molecule has 2 rings (SSSR count). The van der Waals surface area contributed by atoms with Gasteiger partial charge in [0.2, 0.25) is 17.8 Å². The molecule has 20 heavy (non-hydrogen) atoms. The molecule has 1 unspecified atom stereocenters. The fourth-order valence-electron chi connectivity index (χ4n) is 2.34. The van der Waals surface area contributed by atoms with Gasteiger partial charge in [0.15, 0.2) is 0 Å². The first-order chi connectivity index (χ1) is 9.50. The Balaban J connectivity index is 2.09. The Morgan fingerprint density at radius 3 is 2.25 bits per heavy atom. The molecule has 1 aliphatic carbocycles. The largest absolute Gasteiger partial charge is 0.357 e. The lowest BCUT2D eigenvalue weighted by Gasteiger charge is -2.19. The molecule has 0 aromatic carbocycles. The van der Waals surface area contributed by atoms with Crippen LogP contribution in [0, 0.1) is 11.3 Å². The predicted molar refractivity (Wildman–Crippen MR) is 83.3 cm³/mol. The number of nitrogens with zero attached hydrogens (tertiary/aromatic N) is 4. The van der Waals surface area contributed by atoms with Crippen LogP contribution in [0.5, 0.6) is 0 Å². The molecule has 0 spiro atoms. The summed E-state index contributed by atoms with van der Waals surface area (Å²) >= 11 is 0. The van der Waals surface area contributed by atoms with E-state index < -0.39 is 0 Å². The topological polar surface area (TPSA) is 66.0 Å². The van der Waals surface area contributed by atoms with Crippen LogP contribution in [-0.2, 0) is 0 Å². The molecule has 0 saturated heterocycles. The van der Waals surface area contributed by atoms with Crippen molar-refractivity contribution in [3.05, 3.63) is 0 Å². The molecule has 112 valence electrons. The SMILES string of the molecule is CCN(CC)c1nc(NC)nc(NCC2CC2(C)C)n1. The zero-order valence-electron chi connectivity index (χ0n) is 13.2. The summed E-state index contributed by atoms with van der Waals surface area (Å²) in [6.07, 6.45) is 1.27. The molecule has 2 N–H and O–H groups in total. The van der Waals surface area contributed by atoms with E-state index in [0.717, 1.165) is 25.6 Å². The molecular weight excluding hydrogens is 252 g/mol. The zero-order valence-corrected chi connectivity index (χ0v) is 13.2. The molecule has 1 aliphatic rings. The summed E-state index contributed by atoms with van der Waals surface area (Å²) in [7, 11) is 1.83. The highest BCUT2D eigenvalue weighted by molar-refractivity contribution is 5.43. The lowest BCUT2D eigenvalue weighted by atomic mass is 10.1. The molecule has 0 aliphatic heterocycles. The number of nitrogens with one attached hydrogen (secondary N) is 2. The third-order valence-corrected chi connectivity index (χ3v) is 4.12. The molecular formula is C14H26N6. The van der Waals surface area contributed by atoms with E-state index in [0.29, 0.717) is 23.2 Å². The Bertz CT molecular complexity index is 455. The van der Waals surface area contributed by atoms with E-state index in [2.05, 4.69) is 58.2 Å². The fraction of sp³-hybridized carbons (Fsp3) is 0.786. The van der Waals surface area contributed by atoms with Crippen LogP contribution in [0.1, 0.15) is 34.1 Å². The van der Waals surface area contributed by atoms with Crippen LogP contribution >= 0.6 is 0 Å². The molecule has 1 heterocycles. The fourth-order valence-corrected chi connectivity index (χ4v) is 2.34. The quantitative estimate of drug-likeness (QED) is 0.797. The van der Waals surface area contributed by atoms with Gasteiger partial charge in [0.1, 0.15) is 0 Å². The Hall–Kier alpha value is -1.59. The highest BCUT2D eigenvalue weighted by atomic mass is 15.3. The van der Waals surface area contributed by atoms with E-state index in [4.69, 9.17) is 0 Å². The van der Waals surface area contributed by atoms with E-state index in [9.17, 15) is 0 Å². The van der Waals surface area contributed by atoms with Crippen molar-refractivity contribution in [3.63, 3.8) is 0 Å². The van der Waals surface area contributed by atoms with Crippen molar-refractivity contribution in [2.45, 2.75) is 34.1 Å². The van der Waals surface area contributed by atoms with Crippen LogP contribution < -0.4 is 15.5 Å². The van der Waals surface area contributed by atoms with E-state index in [1.807, 2.05) is 7.05 Å². The molecule has 0 amide bonds. The van der Waals surface area contributed by atoms with Crippen LogP contribution in [-0.4, -0.2) is 41.6 Å². The second-order valence-corrected chi connectivity index (χ2v) is 5.98. The average Bonchev–Trinajstić information content (AvgIpc) is 3.05. The van der Waals surface area contributed by atoms with Gasteiger partial charge in [-0.1, -0.05) is 13.8 Å².